The predicted octanol–water partition coefficient (Wildman–Crippen LogP) is 0.841. The van der Waals surface area contributed by atoms with Crippen molar-refractivity contribution in [2.24, 2.45) is 0 Å². The second-order valence-electron chi connectivity index (χ2n) is 7.03. The third-order valence-electron chi connectivity index (χ3n) is 5.37. The minimum atomic E-state index is -0.554. The van der Waals surface area contributed by atoms with Gasteiger partial charge in [-0.25, -0.2) is 0 Å². The Morgan fingerprint density at radius 1 is 1.21 bits per heavy atom. The fraction of sp³-hybridized carbons (Fsp3) is 0.647. The topological polar surface area (TPSA) is 92.3 Å². The summed E-state index contributed by atoms with van der Waals surface area (Å²) in [4.78, 5) is 21.9. The standard InChI is InChI=1S/C17H25N7O2.2ClH/c1-14-20-15(21-26-14)13-22-9-11-23(12-10-22)16(25)17(3-6-18-7-4-17)24-8-2-5-19-24;;/h2,5,8,18H,3-4,6-7,9-13H2,1H3;2*1H. The molecule has 2 aliphatic heterocycles. The highest BCUT2D eigenvalue weighted by Gasteiger charge is 2.44. The Labute approximate surface area is 176 Å². The van der Waals surface area contributed by atoms with Gasteiger partial charge in [0.05, 0.1) is 6.54 Å². The van der Waals surface area contributed by atoms with Gasteiger partial charge < -0.3 is 14.7 Å². The summed E-state index contributed by atoms with van der Waals surface area (Å²) in [7, 11) is 0. The van der Waals surface area contributed by atoms with E-state index < -0.39 is 5.54 Å². The Balaban J connectivity index is 0.00000140. The fourth-order valence-corrected chi connectivity index (χ4v) is 3.91. The molecule has 0 saturated carbocycles. The zero-order valence-electron chi connectivity index (χ0n) is 15.9. The number of nitrogens with zero attached hydrogens (tertiary/aromatic N) is 6. The van der Waals surface area contributed by atoms with Crippen LogP contribution in [0, 0.1) is 6.92 Å². The number of piperidine rings is 1. The van der Waals surface area contributed by atoms with Gasteiger partial charge in [0.1, 0.15) is 5.54 Å². The number of rotatable bonds is 4. The number of piperazine rings is 1. The number of nitrogens with one attached hydrogen (secondary N) is 1. The molecular formula is C17H27Cl2N7O2. The molecule has 4 heterocycles. The van der Waals surface area contributed by atoms with Gasteiger partial charge in [0.15, 0.2) is 5.82 Å². The van der Waals surface area contributed by atoms with Crippen molar-refractivity contribution >= 4 is 30.7 Å². The normalized spacial score (nSPS) is 19.5. The van der Waals surface area contributed by atoms with Crippen molar-refractivity contribution in [3.05, 3.63) is 30.2 Å². The van der Waals surface area contributed by atoms with Gasteiger partial charge in [-0.15, -0.1) is 24.8 Å². The summed E-state index contributed by atoms with van der Waals surface area (Å²) in [5, 5.41) is 11.7. The summed E-state index contributed by atoms with van der Waals surface area (Å²) in [6.07, 6.45) is 5.21. The smallest absolute Gasteiger partial charge is 0.250 e. The van der Waals surface area contributed by atoms with Crippen LogP contribution in [0.5, 0.6) is 0 Å². The summed E-state index contributed by atoms with van der Waals surface area (Å²) in [6, 6.07) is 1.89. The van der Waals surface area contributed by atoms with Crippen LogP contribution in [0.2, 0.25) is 0 Å². The van der Waals surface area contributed by atoms with Gasteiger partial charge in [0, 0.05) is 45.5 Å². The van der Waals surface area contributed by atoms with Gasteiger partial charge in [0.2, 0.25) is 5.89 Å². The first-order valence-corrected chi connectivity index (χ1v) is 9.19. The lowest BCUT2D eigenvalue weighted by Crippen LogP contribution is -2.59. The van der Waals surface area contributed by atoms with Crippen LogP contribution in [0.3, 0.4) is 0 Å². The third-order valence-corrected chi connectivity index (χ3v) is 5.37. The maximum Gasteiger partial charge on any atom is 0.250 e. The molecule has 156 valence electrons. The molecule has 11 heteroatoms. The molecule has 4 rings (SSSR count). The molecule has 0 atom stereocenters. The van der Waals surface area contributed by atoms with Crippen molar-refractivity contribution in [2.75, 3.05) is 39.3 Å². The third kappa shape index (κ3) is 4.48. The van der Waals surface area contributed by atoms with Gasteiger partial charge in [-0.3, -0.25) is 14.4 Å². The van der Waals surface area contributed by atoms with Gasteiger partial charge in [-0.1, -0.05) is 5.16 Å². The van der Waals surface area contributed by atoms with E-state index in [1.54, 1.807) is 13.1 Å². The zero-order valence-corrected chi connectivity index (χ0v) is 17.5. The minimum Gasteiger partial charge on any atom is -0.340 e. The molecule has 2 aliphatic rings. The first kappa shape index (κ1) is 22.6. The van der Waals surface area contributed by atoms with Gasteiger partial charge >= 0.3 is 0 Å². The van der Waals surface area contributed by atoms with Crippen LogP contribution in [0.4, 0.5) is 0 Å². The van der Waals surface area contributed by atoms with E-state index in [9.17, 15) is 4.79 Å². The first-order chi connectivity index (χ1) is 12.7. The summed E-state index contributed by atoms with van der Waals surface area (Å²) in [5.74, 6) is 1.48. The van der Waals surface area contributed by atoms with E-state index in [1.165, 1.54) is 0 Å². The Hall–Kier alpha value is -1.68. The maximum atomic E-state index is 13.4. The fourth-order valence-electron chi connectivity index (χ4n) is 3.91. The van der Waals surface area contributed by atoms with Crippen molar-refractivity contribution in [3.63, 3.8) is 0 Å². The number of halogens is 2. The van der Waals surface area contributed by atoms with Gasteiger partial charge in [0.25, 0.3) is 5.91 Å². The monoisotopic (exact) mass is 431 g/mol. The van der Waals surface area contributed by atoms with E-state index in [1.807, 2.05) is 21.8 Å². The molecule has 2 saturated heterocycles. The lowest BCUT2D eigenvalue weighted by atomic mass is 9.86. The lowest BCUT2D eigenvalue weighted by Gasteiger charge is -2.42. The molecule has 0 aromatic carbocycles. The summed E-state index contributed by atoms with van der Waals surface area (Å²) >= 11 is 0. The van der Waals surface area contributed by atoms with Gasteiger partial charge in [-0.2, -0.15) is 10.1 Å². The quantitative estimate of drug-likeness (QED) is 0.766. The molecule has 0 unspecified atom stereocenters. The van der Waals surface area contributed by atoms with E-state index >= 15 is 0 Å². The SMILES string of the molecule is Cc1nc(CN2CCN(C(=O)C3(n4cccn4)CCNCC3)CC2)no1.Cl.Cl. The van der Waals surface area contributed by atoms with Crippen LogP contribution in [-0.2, 0) is 16.9 Å². The van der Waals surface area contributed by atoms with Crippen LogP contribution in [0.15, 0.2) is 23.0 Å². The predicted molar refractivity (Wildman–Crippen MR) is 108 cm³/mol. The molecule has 0 aliphatic carbocycles. The molecular weight excluding hydrogens is 405 g/mol. The molecule has 0 bridgehead atoms. The highest BCUT2D eigenvalue weighted by atomic mass is 35.5. The number of hydrogen-bond acceptors (Lipinski definition) is 7. The van der Waals surface area contributed by atoms with E-state index in [4.69, 9.17) is 4.52 Å². The Kier molecular flexibility index (Phi) is 7.82. The average molecular weight is 432 g/mol. The second-order valence-corrected chi connectivity index (χ2v) is 7.03. The molecule has 1 N–H and O–H groups in total. The Morgan fingerprint density at radius 2 is 1.93 bits per heavy atom. The minimum absolute atomic E-state index is 0. The van der Waals surface area contributed by atoms with Crippen molar-refractivity contribution in [1.82, 2.24) is 35.0 Å². The summed E-state index contributed by atoms with van der Waals surface area (Å²) in [6.45, 7) is 7.18. The largest absolute Gasteiger partial charge is 0.340 e. The number of carbonyl (C=O) groups excluding carboxylic acids is 1. The van der Waals surface area contributed by atoms with Crippen molar-refractivity contribution in [1.29, 1.82) is 0 Å². The molecule has 2 aromatic rings. The van der Waals surface area contributed by atoms with E-state index in [-0.39, 0.29) is 30.7 Å². The molecule has 0 radical (unpaired) electrons. The lowest BCUT2D eigenvalue weighted by molar-refractivity contribution is -0.145. The number of amides is 1. The van der Waals surface area contributed by atoms with Crippen LogP contribution < -0.4 is 5.32 Å². The molecule has 2 fully saturated rings. The van der Waals surface area contributed by atoms with E-state index in [0.29, 0.717) is 31.3 Å². The molecule has 1 amide bonds. The highest BCUT2D eigenvalue weighted by Crippen LogP contribution is 2.30. The number of hydrogen-bond donors (Lipinski definition) is 1. The van der Waals surface area contributed by atoms with Gasteiger partial charge in [-0.05, 0) is 32.0 Å². The highest BCUT2D eigenvalue weighted by molar-refractivity contribution is 5.86. The number of aryl methyl sites for hydroxylation is 1. The molecule has 28 heavy (non-hydrogen) atoms. The molecule has 0 spiro atoms. The zero-order chi connectivity index (χ0) is 18.0. The maximum absolute atomic E-state index is 13.4. The van der Waals surface area contributed by atoms with Crippen molar-refractivity contribution < 1.29 is 9.32 Å². The van der Waals surface area contributed by atoms with E-state index in [0.717, 1.165) is 39.0 Å². The van der Waals surface area contributed by atoms with Crippen LogP contribution in [0.1, 0.15) is 24.6 Å². The molecule has 2 aromatic heterocycles. The average Bonchev–Trinajstić information content (AvgIpc) is 3.35. The second kappa shape index (κ2) is 9.69. The number of aromatic nitrogens is 4. The van der Waals surface area contributed by atoms with Crippen molar-refractivity contribution in [3.8, 4) is 0 Å². The number of carbonyl (C=O) groups is 1. The molecule has 9 nitrogen and oxygen atoms in total. The Bertz CT molecular complexity index is 739. The van der Waals surface area contributed by atoms with Crippen LogP contribution in [-0.4, -0.2) is 74.9 Å². The van der Waals surface area contributed by atoms with E-state index in [2.05, 4.69) is 25.5 Å². The Morgan fingerprint density at radius 3 is 2.50 bits per heavy atom. The van der Waals surface area contributed by atoms with Crippen LogP contribution in [0.25, 0.3) is 0 Å². The first-order valence-electron chi connectivity index (χ1n) is 9.19. The summed E-state index contributed by atoms with van der Waals surface area (Å²) < 4.78 is 6.90. The van der Waals surface area contributed by atoms with Crippen LogP contribution >= 0.6 is 24.8 Å². The summed E-state index contributed by atoms with van der Waals surface area (Å²) in [5.41, 5.74) is -0.554. The van der Waals surface area contributed by atoms with Crippen molar-refractivity contribution in [2.45, 2.75) is 31.8 Å².